The molecule has 4 atom stereocenters. The summed E-state index contributed by atoms with van der Waals surface area (Å²) in [7, 11) is 0. The van der Waals surface area contributed by atoms with Crippen LogP contribution < -0.4 is 14.2 Å². The molecular formula is C19H26O8. The third kappa shape index (κ3) is 5.70. The summed E-state index contributed by atoms with van der Waals surface area (Å²) in [4.78, 5) is 0. The zero-order valence-corrected chi connectivity index (χ0v) is 15.4. The zero-order valence-electron chi connectivity index (χ0n) is 15.4. The first-order valence-corrected chi connectivity index (χ1v) is 9.43. The van der Waals surface area contributed by atoms with Crippen molar-refractivity contribution in [2.45, 2.75) is 37.9 Å². The van der Waals surface area contributed by atoms with Gasteiger partial charge in [-0.25, -0.2) is 0 Å². The second-order valence-electron chi connectivity index (χ2n) is 6.87. The second-order valence-corrected chi connectivity index (χ2v) is 6.87. The molecule has 3 heterocycles. The van der Waals surface area contributed by atoms with E-state index in [4.69, 9.17) is 33.2 Å². The quantitative estimate of drug-likeness (QED) is 0.405. The fraction of sp³-hybridized carbons (Fsp3) is 0.684. The van der Waals surface area contributed by atoms with Gasteiger partial charge in [-0.3, -0.25) is 0 Å². The van der Waals surface area contributed by atoms with Crippen molar-refractivity contribution in [3.05, 3.63) is 17.7 Å². The molecule has 0 amide bonds. The van der Waals surface area contributed by atoms with Crippen LogP contribution in [0.2, 0.25) is 0 Å². The summed E-state index contributed by atoms with van der Waals surface area (Å²) < 4.78 is 38.9. The molecule has 0 spiro atoms. The minimum Gasteiger partial charge on any atom is -0.487 e. The maximum atomic E-state index is 10.4. The summed E-state index contributed by atoms with van der Waals surface area (Å²) in [6.07, 6.45) is 0.0365. The summed E-state index contributed by atoms with van der Waals surface area (Å²) in [5.41, 5.74) is 0.553. The van der Waals surface area contributed by atoms with Crippen molar-refractivity contribution < 1.29 is 38.3 Å². The molecule has 0 bridgehead atoms. The predicted octanol–water partition coefficient (Wildman–Crippen LogP) is 1.44. The van der Waals surface area contributed by atoms with E-state index in [2.05, 4.69) is 0 Å². The summed E-state index contributed by atoms with van der Waals surface area (Å²) in [5.74, 6) is 1.49. The van der Waals surface area contributed by atoms with Crippen LogP contribution in [0.3, 0.4) is 0 Å². The van der Waals surface area contributed by atoms with Gasteiger partial charge in [0.25, 0.3) is 0 Å². The first-order valence-electron chi connectivity index (χ1n) is 9.43. The average molecular weight is 382 g/mol. The first-order chi connectivity index (χ1) is 13.2. The van der Waals surface area contributed by atoms with Crippen LogP contribution in [0, 0.1) is 0 Å². The fourth-order valence-electron chi connectivity index (χ4n) is 2.46. The SMILES string of the molecule is CCCOC(O)c1cc(OCC2CO2)c(OCC2CO2)c(OCC2CO2)c1. The Labute approximate surface area is 158 Å². The van der Waals surface area contributed by atoms with Crippen LogP contribution in [0.25, 0.3) is 0 Å². The molecule has 3 aliphatic rings. The van der Waals surface area contributed by atoms with Crippen molar-refractivity contribution in [3.8, 4) is 17.2 Å². The summed E-state index contributed by atoms with van der Waals surface area (Å²) in [5, 5.41) is 10.4. The Morgan fingerprint density at radius 3 is 1.85 bits per heavy atom. The van der Waals surface area contributed by atoms with Crippen LogP contribution in [0.15, 0.2) is 12.1 Å². The highest BCUT2D eigenvalue weighted by molar-refractivity contribution is 5.54. The number of rotatable bonds is 13. The Balaban J connectivity index is 1.55. The molecule has 3 aliphatic heterocycles. The molecule has 4 unspecified atom stereocenters. The van der Waals surface area contributed by atoms with Gasteiger partial charge in [0.2, 0.25) is 5.75 Å². The molecule has 3 saturated heterocycles. The minimum absolute atomic E-state index is 0.0961. The van der Waals surface area contributed by atoms with Gasteiger partial charge < -0.3 is 38.3 Å². The maximum Gasteiger partial charge on any atom is 0.203 e. The van der Waals surface area contributed by atoms with Crippen molar-refractivity contribution in [1.29, 1.82) is 0 Å². The Hall–Kier alpha value is -1.58. The lowest BCUT2D eigenvalue weighted by Gasteiger charge is -2.20. The number of aliphatic hydroxyl groups excluding tert-OH is 1. The Morgan fingerprint density at radius 1 is 0.926 bits per heavy atom. The van der Waals surface area contributed by atoms with Crippen LogP contribution in [-0.2, 0) is 18.9 Å². The van der Waals surface area contributed by atoms with Crippen LogP contribution in [0.4, 0.5) is 0 Å². The Bertz CT molecular complexity index is 587. The van der Waals surface area contributed by atoms with E-state index in [0.29, 0.717) is 69.1 Å². The monoisotopic (exact) mass is 382 g/mol. The van der Waals surface area contributed by atoms with Gasteiger partial charge in [0.05, 0.1) is 19.8 Å². The highest BCUT2D eigenvalue weighted by Gasteiger charge is 2.29. The van der Waals surface area contributed by atoms with Crippen LogP contribution >= 0.6 is 0 Å². The van der Waals surface area contributed by atoms with Crippen molar-refractivity contribution in [3.63, 3.8) is 0 Å². The minimum atomic E-state index is -1.06. The molecular weight excluding hydrogens is 356 g/mol. The van der Waals surface area contributed by atoms with Crippen molar-refractivity contribution in [2.24, 2.45) is 0 Å². The number of ether oxygens (including phenoxy) is 7. The van der Waals surface area contributed by atoms with E-state index in [0.717, 1.165) is 6.42 Å². The van der Waals surface area contributed by atoms with Crippen molar-refractivity contribution in [2.75, 3.05) is 46.2 Å². The van der Waals surface area contributed by atoms with E-state index in [1.807, 2.05) is 6.92 Å². The largest absolute Gasteiger partial charge is 0.487 e. The van der Waals surface area contributed by atoms with Gasteiger partial charge in [0.15, 0.2) is 17.8 Å². The van der Waals surface area contributed by atoms with Crippen molar-refractivity contribution >= 4 is 0 Å². The molecule has 8 nitrogen and oxygen atoms in total. The highest BCUT2D eigenvalue weighted by atomic mass is 16.6. The van der Waals surface area contributed by atoms with Gasteiger partial charge in [-0.1, -0.05) is 6.92 Å². The second kappa shape index (κ2) is 8.62. The van der Waals surface area contributed by atoms with Gasteiger partial charge in [-0.2, -0.15) is 0 Å². The number of aliphatic hydroxyl groups is 1. The van der Waals surface area contributed by atoms with Gasteiger partial charge in [0, 0.05) is 12.2 Å². The van der Waals surface area contributed by atoms with E-state index in [1.165, 1.54) is 0 Å². The van der Waals surface area contributed by atoms with E-state index >= 15 is 0 Å². The molecule has 3 fully saturated rings. The van der Waals surface area contributed by atoms with Gasteiger partial charge in [-0.15, -0.1) is 0 Å². The molecule has 0 radical (unpaired) electrons. The summed E-state index contributed by atoms with van der Waals surface area (Å²) in [6.45, 7) is 5.76. The van der Waals surface area contributed by atoms with Gasteiger partial charge in [-0.05, 0) is 18.6 Å². The molecule has 0 aliphatic carbocycles. The standard InChI is InChI=1S/C19H26O8/c1-2-3-21-19(20)12-4-16(25-9-13-6-22-13)18(27-11-15-8-24-15)17(5-12)26-10-14-7-23-14/h4-5,13-15,19-20H,2-3,6-11H2,1H3. The molecule has 1 N–H and O–H groups in total. The average Bonchev–Trinajstić information content (AvgIpc) is 3.54. The molecule has 1 aromatic carbocycles. The lowest BCUT2D eigenvalue weighted by molar-refractivity contribution is -0.103. The molecule has 0 saturated carbocycles. The summed E-state index contributed by atoms with van der Waals surface area (Å²) >= 11 is 0. The van der Waals surface area contributed by atoms with Crippen LogP contribution in [0.1, 0.15) is 25.2 Å². The fourth-order valence-corrected chi connectivity index (χ4v) is 2.46. The first kappa shape index (κ1) is 18.8. The topological polar surface area (TPSA) is 94.7 Å². The van der Waals surface area contributed by atoms with Crippen molar-refractivity contribution in [1.82, 2.24) is 0 Å². The number of epoxide rings is 3. The smallest absolute Gasteiger partial charge is 0.203 e. The molecule has 0 aromatic heterocycles. The normalized spacial score (nSPS) is 26.4. The number of benzene rings is 1. The van der Waals surface area contributed by atoms with E-state index in [1.54, 1.807) is 12.1 Å². The molecule has 1 aromatic rings. The van der Waals surface area contributed by atoms with Crippen LogP contribution in [-0.4, -0.2) is 69.7 Å². The lowest BCUT2D eigenvalue weighted by Crippen LogP contribution is -2.13. The summed E-state index contributed by atoms with van der Waals surface area (Å²) in [6, 6.07) is 3.46. The molecule has 8 heteroatoms. The molecule has 150 valence electrons. The predicted molar refractivity (Wildman–Crippen MR) is 93.3 cm³/mol. The lowest BCUT2D eigenvalue weighted by atomic mass is 10.1. The van der Waals surface area contributed by atoms with Gasteiger partial charge >= 0.3 is 0 Å². The van der Waals surface area contributed by atoms with E-state index < -0.39 is 6.29 Å². The van der Waals surface area contributed by atoms with E-state index in [9.17, 15) is 5.11 Å². The highest BCUT2D eigenvalue weighted by Crippen LogP contribution is 2.41. The number of hydrogen-bond acceptors (Lipinski definition) is 8. The van der Waals surface area contributed by atoms with E-state index in [-0.39, 0.29) is 18.3 Å². The van der Waals surface area contributed by atoms with Gasteiger partial charge in [0.1, 0.15) is 38.1 Å². The third-order valence-electron chi connectivity index (χ3n) is 4.28. The van der Waals surface area contributed by atoms with Crippen LogP contribution in [0.5, 0.6) is 17.2 Å². The maximum absolute atomic E-state index is 10.4. The third-order valence-corrected chi connectivity index (χ3v) is 4.28. The number of hydrogen-bond donors (Lipinski definition) is 1. The molecule has 27 heavy (non-hydrogen) atoms. The molecule has 4 rings (SSSR count). The Kier molecular flexibility index (Phi) is 5.99. The zero-order chi connectivity index (χ0) is 18.6. The Morgan fingerprint density at radius 2 is 1.41 bits per heavy atom.